The average Bonchev–Trinajstić information content (AvgIpc) is 1.94. The van der Waals surface area contributed by atoms with Crippen molar-refractivity contribution in [2.75, 3.05) is 0 Å². The van der Waals surface area contributed by atoms with Crippen LogP contribution in [0, 0.1) is 5.92 Å². The van der Waals surface area contributed by atoms with Crippen molar-refractivity contribution < 1.29 is 4.39 Å². The molecule has 0 saturated heterocycles. The fourth-order valence-electron chi connectivity index (χ4n) is 1.16. The van der Waals surface area contributed by atoms with Crippen molar-refractivity contribution in [2.45, 2.75) is 26.7 Å². The number of halogens is 1. The first-order valence-corrected chi connectivity index (χ1v) is 4.34. The Labute approximate surface area is 72.6 Å². The third-order valence-corrected chi connectivity index (χ3v) is 2.35. The van der Waals surface area contributed by atoms with Crippen molar-refractivity contribution >= 4 is 12.6 Å². The van der Waals surface area contributed by atoms with Gasteiger partial charge in [0.2, 0.25) is 0 Å². The van der Waals surface area contributed by atoms with Crippen LogP contribution in [-0.4, -0.2) is 0 Å². The Bertz CT molecular complexity index is 214. The van der Waals surface area contributed by atoms with Gasteiger partial charge in [-0.15, -0.1) is 12.6 Å². The van der Waals surface area contributed by atoms with Gasteiger partial charge in [0.05, 0.1) is 0 Å². The van der Waals surface area contributed by atoms with E-state index in [0.717, 1.165) is 6.42 Å². The summed E-state index contributed by atoms with van der Waals surface area (Å²) in [5, 5.41) is 0. The van der Waals surface area contributed by atoms with Gasteiger partial charge in [-0.2, -0.15) is 0 Å². The summed E-state index contributed by atoms with van der Waals surface area (Å²) < 4.78 is 12.8. The molecule has 0 heterocycles. The molecule has 0 spiro atoms. The molecular weight excluding hydrogens is 159 g/mol. The fraction of sp³-hybridized carbons (Fsp3) is 0.556. The van der Waals surface area contributed by atoms with E-state index in [1.54, 1.807) is 0 Å². The molecule has 0 radical (unpaired) electrons. The first-order valence-electron chi connectivity index (χ1n) is 3.89. The van der Waals surface area contributed by atoms with Gasteiger partial charge in [0.15, 0.2) is 0 Å². The second kappa shape index (κ2) is 3.44. The number of hydrogen-bond donors (Lipinski definition) is 1. The second-order valence-electron chi connectivity index (χ2n) is 3.16. The Morgan fingerprint density at radius 2 is 2.09 bits per heavy atom. The normalized spacial score (nSPS) is 19.2. The maximum absolute atomic E-state index is 12.8. The Kier molecular flexibility index (Phi) is 2.77. The number of allylic oxidation sites excluding steroid dienone is 3. The van der Waals surface area contributed by atoms with E-state index in [0.29, 0.717) is 17.2 Å². The van der Waals surface area contributed by atoms with Crippen molar-refractivity contribution in [3.8, 4) is 0 Å². The third-order valence-electron chi connectivity index (χ3n) is 1.97. The van der Waals surface area contributed by atoms with E-state index in [-0.39, 0.29) is 5.83 Å². The van der Waals surface area contributed by atoms with Gasteiger partial charge < -0.3 is 0 Å². The smallest absolute Gasteiger partial charge is 0.113 e. The molecule has 0 aromatic rings. The van der Waals surface area contributed by atoms with Crippen LogP contribution in [0.4, 0.5) is 4.39 Å². The van der Waals surface area contributed by atoms with Crippen LogP contribution in [0.25, 0.3) is 0 Å². The van der Waals surface area contributed by atoms with Gasteiger partial charge in [-0.1, -0.05) is 19.4 Å². The van der Waals surface area contributed by atoms with Gasteiger partial charge in [-0.05, 0) is 18.4 Å². The van der Waals surface area contributed by atoms with Crippen LogP contribution in [0.15, 0.2) is 22.4 Å². The highest BCUT2D eigenvalue weighted by atomic mass is 32.1. The van der Waals surface area contributed by atoms with Crippen molar-refractivity contribution in [2.24, 2.45) is 5.92 Å². The van der Waals surface area contributed by atoms with Crippen LogP contribution in [-0.2, 0) is 0 Å². The minimum atomic E-state index is -0.0715. The lowest BCUT2D eigenvalue weighted by Gasteiger charge is -2.15. The molecule has 11 heavy (non-hydrogen) atoms. The fourth-order valence-corrected chi connectivity index (χ4v) is 1.44. The molecule has 62 valence electrons. The van der Waals surface area contributed by atoms with E-state index < -0.39 is 0 Å². The van der Waals surface area contributed by atoms with Crippen LogP contribution in [0.2, 0.25) is 0 Å². The summed E-state index contributed by atoms with van der Waals surface area (Å²) in [6, 6.07) is 0. The van der Waals surface area contributed by atoms with E-state index >= 15 is 0 Å². The monoisotopic (exact) mass is 172 g/mol. The molecule has 0 nitrogen and oxygen atoms in total. The average molecular weight is 172 g/mol. The molecule has 1 rings (SSSR count). The molecule has 0 atom stereocenters. The zero-order chi connectivity index (χ0) is 8.43. The minimum Gasteiger partial charge on any atom is -0.211 e. The van der Waals surface area contributed by atoms with Crippen LogP contribution >= 0.6 is 12.6 Å². The molecule has 1 aliphatic rings. The van der Waals surface area contributed by atoms with Crippen molar-refractivity contribution in [1.82, 2.24) is 0 Å². The number of thiol groups is 1. The molecule has 2 heteroatoms. The molecule has 0 N–H and O–H groups in total. The van der Waals surface area contributed by atoms with Gasteiger partial charge in [0, 0.05) is 11.3 Å². The SMILES string of the molecule is CC(C)C1=CC(S)=C(F)CC1. The van der Waals surface area contributed by atoms with Crippen LogP contribution in [0.5, 0.6) is 0 Å². The highest BCUT2D eigenvalue weighted by Gasteiger charge is 2.12. The first-order chi connectivity index (χ1) is 5.11. The van der Waals surface area contributed by atoms with E-state index in [9.17, 15) is 4.39 Å². The Balaban J connectivity index is 2.81. The standard InChI is InChI=1S/C9H13FS/c1-6(2)7-3-4-8(10)9(11)5-7/h5-6,11H,3-4H2,1-2H3. The van der Waals surface area contributed by atoms with Gasteiger partial charge in [-0.25, -0.2) is 4.39 Å². The highest BCUT2D eigenvalue weighted by molar-refractivity contribution is 7.84. The molecule has 1 aliphatic carbocycles. The van der Waals surface area contributed by atoms with Gasteiger partial charge in [0.1, 0.15) is 5.83 Å². The minimum absolute atomic E-state index is 0.0715. The summed E-state index contributed by atoms with van der Waals surface area (Å²) in [5.74, 6) is 0.447. The van der Waals surface area contributed by atoms with E-state index in [1.807, 2.05) is 6.08 Å². The van der Waals surface area contributed by atoms with Crippen LogP contribution < -0.4 is 0 Å². The predicted molar refractivity (Wildman–Crippen MR) is 49.3 cm³/mol. The van der Waals surface area contributed by atoms with Gasteiger partial charge in [-0.3, -0.25) is 0 Å². The zero-order valence-corrected chi connectivity index (χ0v) is 7.79. The van der Waals surface area contributed by atoms with Crippen molar-refractivity contribution in [3.05, 3.63) is 22.4 Å². The second-order valence-corrected chi connectivity index (χ2v) is 3.65. The Hall–Kier alpha value is -0.240. The summed E-state index contributed by atoms with van der Waals surface area (Å²) >= 11 is 4.04. The van der Waals surface area contributed by atoms with Crippen molar-refractivity contribution in [3.63, 3.8) is 0 Å². The molecule has 0 saturated carbocycles. The van der Waals surface area contributed by atoms with Gasteiger partial charge in [0.25, 0.3) is 0 Å². The molecular formula is C9H13FS. The van der Waals surface area contributed by atoms with Gasteiger partial charge >= 0.3 is 0 Å². The third kappa shape index (κ3) is 2.09. The summed E-state index contributed by atoms with van der Waals surface area (Å²) in [7, 11) is 0. The predicted octanol–water partition coefficient (Wildman–Crippen LogP) is 3.47. The quantitative estimate of drug-likeness (QED) is 0.575. The van der Waals surface area contributed by atoms with Crippen LogP contribution in [0.1, 0.15) is 26.7 Å². The lowest BCUT2D eigenvalue weighted by Crippen LogP contribution is -1.99. The summed E-state index contributed by atoms with van der Waals surface area (Å²) in [6.07, 6.45) is 3.24. The summed E-state index contributed by atoms with van der Waals surface area (Å²) in [4.78, 5) is 0.514. The largest absolute Gasteiger partial charge is 0.211 e. The zero-order valence-electron chi connectivity index (χ0n) is 6.89. The molecule has 0 fully saturated rings. The summed E-state index contributed by atoms with van der Waals surface area (Å²) in [6.45, 7) is 4.24. The van der Waals surface area contributed by atoms with E-state index in [4.69, 9.17) is 0 Å². The Morgan fingerprint density at radius 3 is 2.55 bits per heavy atom. The molecule has 0 aliphatic heterocycles. The summed E-state index contributed by atoms with van der Waals surface area (Å²) in [5.41, 5.74) is 1.30. The topological polar surface area (TPSA) is 0 Å². The molecule has 0 amide bonds. The molecule has 0 aromatic carbocycles. The number of rotatable bonds is 1. The molecule has 0 aromatic heterocycles. The van der Waals surface area contributed by atoms with Crippen LogP contribution in [0.3, 0.4) is 0 Å². The van der Waals surface area contributed by atoms with E-state index in [2.05, 4.69) is 26.5 Å². The molecule has 0 bridgehead atoms. The lowest BCUT2D eigenvalue weighted by molar-refractivity contribution is 0.563. The number of hydrogen-bond acceptors (Lipinski definition) is 1. The van der Waals surface area contributed by atoms with Crippen molar-refractivity contribution in [1.29, 1.82) is 0 Å². The maximum atomic E-state index is 12.8. The van der Waals surface area contributed by atoms with E-state index in [1.165, 1.54) is 5.57 Å². The lowest BCUT2D eigenvalue weighted by atomic mass is 9.94. The first kappa shape index (κ1) is 8.85. The molecule has 0 unspecified atom stereocenters. The highest BCUT2D eigenvalue weighted by Crippen LogP contribution is 2.30. The Morgan fingerprint density at radius 1 is 1.45 bits per heavy atom. The maximum Gasteiger partial charge on any atom is 0.113 e.